The van der Waals surface area contributed by atoms with Crippen molar-refractivity contribution in [2.45, 2.75) is 19.5 Å². The van der Waals surface area contributed by atoms with Gasteiger partial charge in [0, 0.05) is 42.5 Å². The van der Waals surface area contributed by atoms with Crippen molar-refractivity contribution in [2.75, 3.05) is 32.6 Å². The predicted octanol–water partition coefficient (Wildman–Crippen LogP) is 4.63. The Bertz CT molecular complexity index is 1250. The Balaban J connectivity index is 1.61. The second-order valence-corrected chi connectivity index (χ2v) is 9.67. The van der Waals surface area contributed by atoms with Gasteiger partial charge in [-0.1, -0.05) is 23.7 Å². The largest absolute Gasteiger partial charge is 0.388 e. The van der Waals surface area contributed by atoms with E-state index in [0.29, 0.717) is 45.9 Å². The molecular formula is C25H26ClN5O3S. The van der Waals surface area contributed by atoms with Gasteiger partial charge in [-0.15, -0.1) is 11.3 Å². The number of amides is 1. The second kappa shape index (κ2) is 11.0. The highest BCUT2D eigenvalue weighted by atomic mass is 35.5. The van der Waals surface area contributed by atoms with E-state index in [4.69, 9.17) is 21.3 Å². The number of halogens is 1. The van der Waals surface area contributed by atoms with Crippen LogP contribution in [-0.4, -0.2) is 61.3 Å². The topological polar surface area (TPSA) is 95.9 Å². The molecule has 1 saturated heterocycles. The molecule has 0 spiro atoms. The summed E-state index contributed by atoms with van der Waals surface area (Å²) in [6, 6.07) is 11.3. The van der Waals surface area contributed by atoms with Crippen LogP contribution < -0.4 is 10.6 Å². The summed E-state index contributed by atoms with van der Waals surface area (Å²) in [5.74, 6) is 0.573. The summed E-state index contributed by atoms with van der Waals surface area (Å²) >= 11 is 7.27. The fraction of sp³-hybridized carbons (Fsp3) is 0.280. The third-order valence-electron chi connectivity index (χ3n) is 5.66. The summed E-state index contributed by atoms with van der Waals surface area (Å²) < 4.78 is 5.11. The van der Waals surface area contributed by atoms with Crippen LogP contribution in [-0.2, 0) is 11.3 Å². The number of hydrogen-bond donors (Lipinski definition) is 2. The van der Waals surface area contributed by atoms with Gasteiger partial charge in [0.1, 0.15) is 15.7 Å². The molecule has 2 heterocycles. The van der Waals surface area contributed by atoms with Crippen molar-refractivity contribution in [3.63, 3.8) is 0 Å². The van der Waals surface area contributed by atoms with Crippen LogP contribution in [0.3, 0.4) is 0 Å². The van der Waals surface area contributed by atoms with Gasteiger partial charge in [0.15, 0.2) is 6.29 Å². The van der Waals surface area contributed by atoms with E-state index in [1.165, 1.54) is 11.3 Å². The van der Waals surface area contributed by atoms with Gasteiger partial charge >= 0.3 is 0 Å². The first-order valence-electron chi connectivity index (χ1n) is 11.0. The molecule has 3 aromatic rings. The number of nitrogens with one attached hydrogen (secondary N) is 2. The lowest BCUT2D eigenvalue weighted by atomic mass is 10.1. The maximum Gasteiger partial charge on any atom is 0.263 e. The van der Waals surface area contributed by atoms with Crippen LogP contribution in [0.5, 0.6) is 0 Å². The molecule has 35 heavy (non-hydrogen) atoms. The molecule has 1 amide bonds. The van der Waals surface area contributed by atoms with E-state index in [1.807, 2.05) is 49.2 Å². The number of carbonyl (C=O) groups is 2. The number of aldehydes is 1. The van der Waals surface area contributed by atoms with E-state index in [2.05, 4.69) is 15.6 Å². The van der Waals surface area contributed by atoms with Gasteiger partial charge in [0.2, 0.25) is 0 Å². The first-order chi connectivity index (χ1) is 16.9. The Kier molecular flexibility index (Phi) is 7.80. The first-order valence-corrected chi connectivity index (χ1v) is 12.2. The molecule has 0 aliphatic carbocycles. The SMILES string of the molecule is CNc1cc(C=O)c(N=C(C)N(C)Cc2ccc(Cl)cc2)cc1-c1ncc(C(=O)NC2COC2)s1. The fourth-order valence-corrected chi connectivity index (χ4v) is 4.47. The van der Waals surface area contributed by atoms with E-state index < -0.39 is 0 Å². The third kappa shape index (κ3) is 5.87. The molecule has 0 bridgehead atoms. The van der Waals surface area contributed by atoms with E-state index >= 15 is 0 Å². The van der Waals surface area contributed by atoms with Crippen molar-refractivity contribution in [3.8, 4) is 10.6 Å². The lowest BCUT2D eigenvalue weighted by Crippen LogP contribution is -2.48. The van der Waals surface area contributed by atoms with Gasteiger partial charge in [-0.2, -0.15) is 0 Å². The van der Waals surface area contributed by atoms with E-state index in [0.717, 1.165) is 28.9 Å². The molecular weight excluding hydrogens is 486 g/mol. The smallest absolute Gasteiger partial charge is 0.263 e. The summed E-state index contributed by atoms with van der Waals surface area (Å²) in [5.41, 5.74) is 3.57. The minimum absolute atomic E-state index is 0.0431. The molecule has 8 nitrogen and oxygen atoms in total. The summed E-state index contributed by atoms with van der Waals surface area (Å²) in [6.45, 7) is 3.59. The standard InChI is InChI=1S/C25H26ClN5O3S/c1-15(31(3)11-16-4-6-18(26)7-5-16)29-21-9-20(22(27-2)8-17(21)12-32)25-28-10-23(35-25)24(33)30-19-13-34-14-19/h4-10,12,19,27H,11,13-14H2,1-3H3,(H,30,33). The predicted molar refractivity (Wildman–Crippen MR) is 140 cm³/mol. The lowest BCUT2D eigenvalue weighted by Gasteiger charge is -2.26. The normalized spacial score (nSPS) is 13.8. The number of rotatable bonds is 8. The van der Waals surface area contributed by atoms with Crippen LogP contribution in [0.4, 0.5) is 11.4 Å². The maximum atomic E-state index is 12.5. The molecule has 0 radical (unpaired) electrons. The lowest BCUT2D eigenvalue weighted by molar-refractivity contribution is -0.00339. The minimum Gasteiger partial charge on any atom is -0.388 e. The zero-order valence-electron chi connectivity index (χ0n) is 19.7. The number of carbonyl (C=O) groups excluding carboxylic acids is 2. The Labute approximate surface area is 213 Å². The van der Waals surface area contributed by atoms with Crippen molar-refractivity contribution in [1.82, 2.24) is 15.2 Å². The Hall–Kier alpha value is -3.27. The quantitative estimate of drug-likeness (QED) is 0.260. The molecule has 182 valence electrons. The Morgan fingerprint density at radius 1 is 1.31 bits per heavy atom. The zero-order chi connectivity index (χ0) is 24.9. The van der Waals surface area contributed by atoms with E-state index in [1.54, 1.807) is 19.3 Å². The fourth-order valence-electron chi connectivity index (χ4n) is 3.50. The maximum absolute atomic E-state index is 12.5. The Morgan fingerprint density at radius 3 is 2.69 bits per heavy atom. The van der Waals surface area contributed by atoms with Crippen LogP contribution in [0.15, 0.2) is 47.6 Å². The highest BCUT2D eigenvalue weighted by Crippen LogP contribution is 2.36. The minimum atomic E-state index is -0.171. The molecule has 4 rings (SSSR count). The van der Waals surface area contributed by atoms with Crippen molar-refractivity contribution in [2.24, 2.45) is 4.99 Å². The molecule has 1 fully saturated rings. The van der Waals surface area contributed by atoms with Crippen LogP contribution in [0.25, 0.3) is 10.6 Å². The van der Waals surface area contributed by atoms with Crippen LogP contribution in [0, 0.1) is 0 Å². The van der Waals surface area contributed by atoms with Crippen molar-refractivity contribution < 1.29 is 14.3 Å². The van der Waals surface area contributed by atoms with Crippen LogP contribution in [0.2, 0.25) is 5.02 Å². The summed E-state index contributed by atoms with van der Waals surface area (Å²) in [7, 11) is 3.72. The number of anilines is 1. The summed E-state index contributed by atoms with van der Waals surface area (Å²) in [6.07, 6.45) is 2.35. The average Bonchev–Trinajstić information content (AvgIpc) is 3.32. The Morgan fingerprint density at radius 2 is 2.06 bits per heavy atom. The molecule has 2 aromatic carbocycles. The highest BCUT2D eigenvalue weighted by Gasteiger charge is 2.23. The van der Waals surface area contributed by atoms with Gasteiger partial charge in [-0.3, -0.25) is 9.59 Å². The second-order valence-electron chi connectivity index (χ2n) is 8.20. The van der Waals surface area contributed by atoms with Gasteiger partial charge in [-0.25, -0.2) is 9.98 Å². The number of amidine groups is 1. The first kappa shape index (κ1) is 24.8. The number of aliphatic imine (C=N–C) groups is 1. The van der Waals surface area contributed by atoms with Gasteiger partial charge in [0.25, 0.3) is 5.91 Å². The third-order valence-corrected chi connectivity index (χ3v) is 6.95. The number of thiazole rings is 1. The summed E-state index contributed by atoms with van der Waals surface area (Å²) in [5, 5.41) is 7.39. The number of nitrogens with zero attached hydrogens (tertiary/aromatic N) is 3. The molecule has 0 unspecified atom stereocenters. The number of ether oxygens (including phenoxy) is 1. The molecule has 1 aromatic heterocycles. The number of aromatic nitrogens is 1. The van der Waals surface area contributed by atoms with Gasteiger partial charge < -0.3 is 20.3 Å². The van der Waals surface area contributed by atoms with Crippen LogP contribution in [0.1, 0.15) is 32.5 Å². The van der Waals surface area contributed by atoms with Gasteiger partial charge in [-0.05, 0) is 36.8 Å². The number of hydrogen-bond acceptors (Lipinski definition) is 7. The van der Waals surface area contributed by atoms with Gasteiger partial charge in [0.05, 0.1) is 31.1 Å². The molecule has 1 aliphatic heterocycles. The van der Waals surface area contributed by atoms with Crippen molar-refractivity contribution in [3.05, 3.63) is 63.6 Å². The molecule has 0 atom stereocenters. The van der Waals surface area contributed by atoms with Crippen LogP contribution >= 0.6 is 22.9 Å². The van der Waals surface area contributed by atoms with Crippen molar-refractivity contribution >= 4 is 52.3 Å². The van der Waals surface area contributed by atoms with E-state index in [9.17, 15) is 9.59 Å². The zero-order valence-corrected chi connectivity index (χ0v) is 21.2. The van der Waals surface area contributed by atoms with Crippen molar-refractivity contribution in [1.29, 1.82) is 0 Å². The number of benzene rings is 2. The highest BCUT2D eigenvalue weighted by molar-refractivity contribution is 7.17. The average molecular weight is 512 g/mol. The monoisotopic (exact) mass is 511 g/mol. The van der Waals surface area contributed by atoms with E-state index in [-0.39, 0.29) is 11.9 Å². The molecule has 2 N–H and O–H groups in total. The molecule has 1 aliphatic rings. The summed E-state index contributed by atoms with van der Waals surface area (Å²) in [4.78, 5) is 36.1. The molecule has 0 saturated carbocycles. The molecule has 10 heteroatoms.